The first kappa shape index (κ1) is 18.4. The summed E-state index contributed by atoms with van der Waals surface area (Å²) in [6.45, 7) is 0. The summed E-state index contributed by atoms with van der Waals surface area (Å²) in [5.74, 6) is 0.837. The number of hydrogen-bond donors (Lipinski definition) is 1. The van der Waals surface area contributed by atoms with Gasteiger partial charge in [0.05, 0.1) is 12.8 Å². The van der Waals surface area contributed by atoms with E-state index < -0.39 is 0 Å². The Morgan fingerprint density at radius 1 is 1.27 bits per heavy atom. The number of carbonyl (C=O) groups excluding carboxylic acids is 1. The normalized spacial score (nSPS) is 10.6. The molecule has 0 saturated heterocycles. The van der Waals surface area contributed by atoms with Gasteiger partial charge in [0.2, 0.25) is 0 Å². The van der Waals surface area contributed by atoms with Crippen LogP contribution in [0.5, 0.6) is 5.75 Å². The number of thiazole rings is 1. The molecule has 7 heteroatoms. The lowest BCUT2D eigenvalue weighted by atomic mass is 10.1. The van der Waals surface area contributed by atoms with Crippen LogP contribution in [0.4, 0.5) is 9.52 Å². The van der Waals surface area contributed by atoms with Crippen LogP contribution >= 0.6 is 23.1 Å². The van der Waals surface area contributed by atoms with Crippen LogP contribution in [-0.2, 0) is 5.75 Å². The molecule has 1 amide bonds. The summed E-state index contributed by atoms with van der Waals surface area (Å²) in [7, 11) is 1.52. The van der Waals surface area contributed by atoms with Gasteiger partial charge in [-0.2, -0.15) is 11.8 Å². The van der Waals surface area contributed by atoms with Crippen molar-refractivity contribution in [3.63, 3.8) is 0 Å². The maximum Gasteiger partial charge on any atom is 0.257 e. The first-order chi connectivity index (χ1) is 12.6. The number of aromatic nitrogens is 1. The van der Waals surface area contributed by atoms with Crippen molar-refractivity contribution < 1.29 is 13.9 Å². The Morgan fingerprint density at radius 3 is 2.73 bits per heavy atom. The lowest BCUT2D eigenvalue weighted by molar-refractivity contribution is 0.102. The van der Waals surface area contributed by atoms with Gasteiger partial charge in [-0.1, -0.05) is 12.1 Å². The standard InChI is InChI=1S/C19H17FN2O2S2/c1-24-17-8-7-14(20)9-15(17)16-11-26-19(21-16)22-18(23)13-5-3-12(4-6-13)10-25-2/h3-9,11H,10H2,1-2H3,(H,21,22,23). The fourth-order valence-corrected chi connectivity index (χ4v) is 3.65. The minimum absolute atomic E-state index is 0.229. The third-order valence-corrected chi connectivity index (χ3v) is 5.07. The van der Waals surface area contributed by atoms with Gasteiger partial charge >= 0.3 is 0 Å². The van der Waals surface area contributed by atoms with Crippen molar-refractivity contribution in [1.29, 1.82) is 0 Å². The summed E-state index contributed by atoms with van der Waals surface area (Å²) < 4.78 is 18.8. The topological polar surface area (TPSA) is 51.2 Å². The van der Waals surface area contributed by atoms with Gasteiger partial charge in [0, 0.05) is 22.3 Å². The first-order valence-corrected chi connectivity index (χ1v) is 10.1. The summed E-state index contributed by atoms with van der Waals surface area (Å²) in [6.07, 6.45) is 2.04. The van der Waals surface area contributed by atoms with E-state index in [9.17, 15) is 9.18 Å². The van der Waals surface area contributed by atoms with Crippen molar-refractivity contribution in [2.45, 2.75) is 5.75 Å². The molecule has 4 nitrogen and oxygen atoms in total. The monoisotopic (exact) mass is 388 g/mol. The van der Waals surface area contributed by atoms with Crippen molar-refractivity contribution >= 4 is 34.1 Å². The Morgan fingerprint density at radius 2 is 2.04 bits per heavy atom. The zero-order valence-electron chi connectivity index (χ0n) is 14.3. The van der Waals surface area contributed by atoms with Crippen LogP contribution in [0, 0.1) is 5.82 Å². The van der Waals surface area contributed by atoms with E-state index in [1.54, 1.807) is 35.3 Å². The molecule has 0 radical (unpaired) electrons. The van der Waals surface area contributed by atoms with Crippen LogP contribution in [0.3, 0.4) is 0 Å². The van der Waals surface area contributed by atoms with E-state index in [1.165, 1.54) is 36.1 Å². The largest absolute Gasteiger partial charge is 0.496 e. The average Bonchev–Trinajstić information content (AvgIpc) is 3.11. The molecule has 0 aliphatic heterocycles. The molecule has 0 aliphatic carbocycles. The van der Waals surface area contributed by atoms with Gasteiger partial charge in [0.1, 0.15) is 11.6 Å². The predicted octanol–water partition coefficient (Wildman–Crippen LogP) is 5.07. The summed E-state index contributed by atoms with van der Waals surface area (Å²) in [4.78, 5) is 16.8. The number of rotatable bonds is 6. The fourth-order valence-electron chi connectivity index (χ4n) is 2.42. The quantitative estimate of drug-likeness (QED) is 0.640. The number of benzene rings is 2. The van der Waals surface area contributed by atoms with Gasteiger partial charge in [-0.05, 0) is 42.2 Å². The number of methoxy groups -OCH3 is 1. The summed E-state index contributed by atoms with van der Waals surface area (Å²) >= 11 is 3.01. The number of nitrogens with one attached hydrogen (secondary N) is 1. The summed E-state index contributed by atoms with van der Waals surface area (Å²) in [5.41, 5.74) is 2.83. The highest BCUT2D eigenvalue weighted by atomic mass is 32.2. The Balaban J connectivity index is 1.76. The maximum atomic E-state index is 13.5. The van der Waals surface area contributed by atoms with Gasteiger partial charge in [-0.25, -0.2) is 9.37 Å². The van der Waals surface area contributed by atoms with Crippen LogP contribution in [0.25, 0.3) is 11.3 Å². The number of carbonyl (C=O) groups is 1. The second-order valence-corrected chi connectivity index (χ2v) is 7.19. The van der Waals surface area contributed by atoms with E-state index in [0.29, 0.717) is 27.7 Å². The molecule has 134 valence electrons. The van der Waals surface area contributed by atoms with Crippen molar-refractivity contribution in [2.24, 2.45) is 0 Å². The molecule has 0 aliphatic rings. The van der Waals surface area contributed by atoms with Crippen molar-refractivity contribution in [3.05, 3.63) is 64.8 Å². The number of ether oxygens (including phenoxy) is 1. The zero-order valence-corrected chi connectivity index (χ0v) is 15.9. The molecule has 2 aromatic carbocycles. The third kappa shape index (κ3) is 4.23. The maximum absolute atomic E-state index is 13.5. The second kappa shape index (κ2) is 8.33. The molecule has 0 fully saturated rings. The lowest BCUT2D eigenvalue weighted by Gasteiger charge is -2.06. The third-order valence-electron chi connectivity index (χ3n) is 3.69. The van der Waals surface area contributed by atoms with Crippen molar-refractivity contribution in [1.82, 2.24) is 4.98 Å². The molecule has 0 saturated carbocycles. The van der Waals surface area contributed by atoms with Crippen LogP contribution in [-0.4, -0.2) is 24.3 Å². The summed E-state index contributed by atoms with van der Waals surface area (Å²) in [5, 5.41) is 4.99. The van der Waals surface area contributed by atoms with Crippen LogP contribution in [0.1, 0.15) is 15.9 Å². The summed E-state index contributed by atoms with van der Waals surface area (Å²) in [6, 6.07) is 11.7. The van der Waals surface area contributed by atoms with Gasteiger partial charge in [-0.3, -0.25) is 10.1 Å². The molecule has 0 spiro atoms. The van der Waals surface area contributed by atoms with E-state index in [2.05, 4.69) is 10.3 Å². The molecule has 0 atom stereocenters. The van der Waals surface area contributed by atoms with E-state index in [1.807, 2.05) is 18.4 Å². The number of halogens is 1. The fraction of sp³-hybridized carbons (Fsp3) is 0.158. The Kier molecular flexibility index (Phi) is 5.90. The lowest BCUT2D eigenvalue weighted by Crippen LogP contribution is -2.11. The van der Waals surface area contributed by atoms with E-state index in [-0.39, 0.29) is 11.7 Å². The molecule has 1 aromatic heterocycles. The van der Waals surface area contributed by atoms with Crippen molar-refractivity contribution in [3.8, 4) is 17.0 Å². The molecule has 0 unspecified atom stereocenters. The minimum Gasteiger partial charge on any atom is -0.496 e. The molecular formula is C19H17FN2O2S2. The highest BCUT2D eigenvalue weighted by Crippen LogP contribution is 2.32. The van der Waals surface area contributed by atoms with Gasteiger partial charge in [-0.15, -0.1) is 11.3 Å². The molecule has 3 rings (SSSR count). The number of hydrogen-bond acceptors (Lipinski definition) is 5. The number of thioether (sulfide) groups is 1. The average molecular weight is 388 g/mol. The van der Waals surface area contributed by atoms with Crippen LogP contribution in [0.15, 0.2) is 47.8 Å². The highest BCUT2D eigenvalue weighted by Gasteiger charge is 2.13. The first-order valence-electron chi connectivity index (χ1n) is 7.79. The molecule has 0 bridgehead atoms. The van der Waals surface area contributed by atoms with E-state index >= 15 is 0 Å². The van der Waals surface area contributed by atoms with Crippen molar-refractivity contribution in [2.75, 3.05) is 18.7 Å². The molecule has 1 heterocycles. The molecule has 1 N–H and O–H groups in total. The smallest absolute Gasteiger partial charge is 0.257 e. The minimum atomic E-state index is -0.371. The predicted molar refractivity (Wildman–Crippen MR) is 106 cm³/mol. The van der Waals surface area contributed by atoms with Gasteiger partial charge in [0.25, 0.3) is 5.91 Å². The Labute approximate surface area is 159 Å². The number of nitrogens with zero attached hydrogens (tertiary/aromatic N) is 1. The molecule has 26 heavy (non-hydrogen) atoms. The number of anilines is 1. The van der Waals surface area contributed by atoms with Crippen LogP contribution < -0.4 is 10.1 Å². The van der Waals surface area contributed by atoms with Gasteiger partial charge < -0.3 is 4.74 Å². The Hall–Kier alpha value is -2.38. The van der Waals surface area contributed by atoms with E-state index in [0.717, 1.165) is 5.75 Å². The SMILES string of the molecule is COc1ccc(F)cc1-c1csc(NC(=O)c2ccc(CSC)cc2)n1. The zero-order chi connectivity index (χ0) is 18.5. The van der Waals surface area contributed by atoms with Gasteiger partial charge in [0.15, 0.2) is 5.13 Å². The van der Waals surface area contributed by atoms with E-state index in [4.69, 9.17) is 4.74 Å². The van der Waals surface area contributed by atoms with Crippen LogP contribution in [0.2, 0.25) is 0 Å². The number of amides is 1. The molecule has 3 aromatic rings. The highest BCUT2D eigenvalue weighted by molar-refractivity contribution is 7.97. The molecular weight excluding hydrogens is 371 g/mol. The second-order valence-electron chi connectivity index (χ2n) is 5.47. The Bertz CT molecular complexity index is 910.